The Labute approximate surface area is 151 Å². The fourth-order valence-corrected chi connectivity index (χ4v) is 2.60. The lowest BCUT2D eigenvalue weighted by molar-refractivity contribution is -0.385. The molecule has 0 unspecified atom stereocenters. The minimum atomic E-state index is -0.389. The minimum absolute atomic E-state index is 0.0687. The average Bonchev–Trinajstić information content (AvgIpc) is 2.64. The molecule has 0 aliphatic rings. The molecule has 0 saturated carbocycles. The summed E-state index contributed by atoms with van der Waals surface area (Å²) < 4.78 is 0. The molecule has 0 radical (unpaired) electrons. The van der Waals surface area contributed by atoms with Crippen LogP contribution >= 0.6 is 0 Å². The normalized spacial score (nSPS) is 10.4. The summed E-state index contributed by atoms with van der Waals surface area (Å²) in [6, 6.07) is 16.5. The van der Waals surface area contributed by atoms with Crippen molar-refractivity contribution in [2.45, 2.75) is 13.8 Å². The summed E-state index contributed by atoms with van der Waals surface area (Å²) in [7, 11) is 0. The lowest BCUT2D eigenvalue weighted by Crippen LogP contribution is -2.06. The first kappa shape index (κ1) is 17.3. The van der Waals surface area contributed by atoms with Gasteiger partial charge in [0.25, 0.3) is 5.69 Å². The maximum atomic E-state index is 11.1. The highest BCUT2D eigenvalue weighted by molar-refractivity contribution is 5.70. The molecule has 0 spiro atoms. The van der Waals surface area contributed by atoms with E-state index >= 15 is 0 Å². The Bertz CT molecular complexity index is 928. The smallest absolute Gasteiger partial charge is 0.274 e. The summed E-state index contributed by atoms with van der Waals surface area (Å²) in [5.74, 6) is 1.07. The first-order chi connectivity index (χ1) is 12.6. The fraction of sp³-hybridized carbons (Fsp3) is 0.158. The Morgan fingerprint density at radius 2 is 1.85 bits per heavy atom. The van der Waals surface area contributed by atoms with Crippen molar-refractivity contribution in [3.8, 4) is 11.3 Å². The van der Waals surface area contributed by atoms with Gasteiger partial charge in [-0.2, -0.15) is 4.98 Å². The van der Waals surface area contributed by atoms with Gasteiger partial charge in [0.15, 0.2) is 0 Å². The van der Waals surface area contributed by atoms with Crippen LogP contribution in [0.5, 0.6) is 0 Å². The van der Waals surface area contributed by atoms with E-state index in [1.54, 1.807) is 19.1 Å². The first-order valence-electron chi connectivity index (χ1n) is 8.28. The predicted octanol–water partition coefficient (Wildman–Crippen LogP) is 4.54. The van der Waals surface area contributed by atoms with Crippen LogP contribution in [-0.4, -0.2) is 21.4 Å². The molecule has 3 rings (SSSR count). The second kappa shape index (κ2) is 7.60. The molecule has 2 N–H and O–H groups in total. The minimum Gasteiger partial charge on any atom is -0.354 e. The number of benzene rings is 2. The highest BCUT2D eigenvalue weighted by atomic mass is 16.6. The van der Waals surface area contributed by atoms with Gasteiger partial charge in [-0.15, -0.1) is 0 Å². The SMILES string of the molecule is CCNc1nc(Nc2cccc([N+](=O)[O-])c2C)cc(-c2ccccc2)n1. The van der Waals surface area contributed by atoms with Gasteiger partial charge in [0.1, 0.15) is 5.82 Å². The standard InChI is InChI=1S/C19H19N5O2/c1-3-20-19-22-16(14-8-5-4-6-9-14)12-18(23-19)21-15-10-7-11-17(13(15)2)24(25)26/h4-12H,3H2,1-2H3,(H2,20,21,22,23). The summed E-state index contributed by atoms with van der Waals surface area (Å²) in [4.78, 5) is 19.7. The number of nitrogens with one attached hydrogen (secondary N) is 2. The molecule has 3 aromatic rings. The lowest BCUT2D eigenvalue weighted by atomic mass is 10.1. The number of nitrogens with zero attached hydrogens (tertiary/aromatic N) is 3. The summed E-state index contributed by atoms with van der Waals surface area (Å²) >= 11 is 0. The third-order valence-corrected chi connectivity index (χ3v) is 3.90. The molecule has 0 aliphatic carbocycles. The van der Waals surface area contributed by atoms with E-state index in [0.717, 1.165) is 11.3 Å². The zero-order chi connectivity index (χ0) is 18.5. The van der Waals surface area contributed by atoms with E-state index in [0.29, 0.717) is 29.6 Å². The fourth-order valence-electron chi connectivity index (χ4n) is 2.60. The van der Waals surface area contributed by atoms with Crippen molar-refractivity contribution in [3.63, 3.8) is 0 Å². The Morgan fingerprint density at radius 1 is 1.08 bits per heavy atom. The summed E-state index contributed by atoms with van der Waals surface area (Å²) in [5, 5.41) is 17.4. The van der Waals surface area contributed by atoms with Crippen molar-refractivity contribution in [3.05, 3.63) is 70.3 Å². The largest absolute Gasteiger partial charge is 0.354 e. The van der Waals surface area contributed by atoms with Crippen LogP contribution in [0.25, 0.3) is 11.3 Å². The van der Waals surface area contributed by atoms with Crippen LogP contribution in [0.3, 0.4) is 0 Å². The zero-order valence-corrected chi connectivity index (χ0v) is 14.6. The van der Waals surface area contributed by atoms with Gasteiger partial charge in [0.2, 0.25) is 5.95 Å². The molecule has 1 aromatic heterocycles. The maximum absolute atomic E-state index is 11.1. The van der Waals surface area contributed by atoms with E-state index in [-0.39, 0.29) is 10.6 Å². The third-order valence-electron chi connectivity index (χ3n) is 3.90. The molecule has 2 aromatic carbocycles. The predicted molar refractivity (Wildman–Crippen MR) is 103 cm³/mol. The zero-order valence-electron chi connectivity index (χ0n) is 14.6. The Balaban J connectivity index is 2.01. The van der Waals surface area contributed by atoms with Crippen molar-refractivity contribution < 1.29 is 4.92 Å². The summed E-state index contributed by atoms with van der Waals surface area (Å²) in [5.41, 5.74) is 3.00. The molecule has 132 valence electrons. The van der Waals surface area contributed by atoms with Crippen molar-refractivity contribution in [2.75, 3.05) is 17.2 Å². The van der Waals surface area contributed by atoms with Crippen LogP contribution in [0.15, 0.2) is 54.6 Å². The molecule has 7 heteroatoms. The maximum Gasteiger partial charge on any atom is 0.274 e. The van der Waals surface area contributed by atoms with Crippen LogP contribution in [0.1, 0.15) is 12.5 Å². The van der Waals surface area contributed by atoms with Gasteiger partial charge in [0, 0.05) is 29.9 Å². The number of hydrogen-bond acceptors (Lipinski definition) is 6. The van der Waals surface area contributed by atoms with Gasteiger partial charge in [0.05, 0.1) is 16.2 Å². The summed E-state index contributed by atoms with van der Waals surface area (Å²) in [6.45, 7) is 4.37. The molecule has 0 fully saturated rings. The van der Waals surface area contributed by atoms with Crippen LogP contribution in [0.4, 0.5) is 23.1 Å². The number of aromatic nitrogens is 2. The monoisotopic (exact) mass is 349 g/mol. The first-order valence-corrected chi connectivity index (χ1v) is 8.28. The van der Waals surface area contributed by atoms with Gasteiger partial charge < -0.3 is 10.6 Å². The summed E-state index contributed by atoms with van der Waals surface area (Å²) in [6.07, 6.45) is 0. The topological polar surface area (TPSA) is 93.0 Å². The van der Waals surface area contributed by atoms with Crippen LogP contribution in [-0.2, 0) is 0 Å². The number of hydrogen-bond donors (Lipinski definition) is 2. The second-order valence-electron chi connectivity index (χ2n) is 5.69. The van der Waals surface area contributed by atoms with E-state index in [9.17, 15) is 10.1 Å². The molecule has 1 heterocycles. The molecular formula is C19H19N5O2. The quantitative estimate of drug-likeness (QED) is 0.501. The van der Waals surface area contributed by atoms with Gasteiger partial charge in [-0.1, -0.05) is 36.4 Å². The lowest BCUT2D eigenvalue weighted by Gasteiger charge is -2.12. The highest BCUT2D eigenvalue weighted by Gasteiger charge is 2.14. The van der Waals surface area contributed by atoms with Crippen LogP contribution in [0.2, 0.25) is 0 Å². The van der Waals surface area contributed by atoms with E-state index < -0.39 is 0 Å². The molecule has 0 saturated heterocycles. The molecular weight excluding hydrogens is 330 g/mol. The van der Waals surface area contributed by atoms with E-state index in [1.165, 1.54) is 6.07 Å². The van der Waals surface area contributed by atoms with Gasteiger partial charge in [-0.25, -0.2) is 4.98 Å². The number of anilines is 3. The second-order valence-corrected chi connectivity index (χ2v) is 5.69. The Hall–Kier alpha value is -3.48. The average molecular weight is 349 g/mol. The molecule has 0 aliphatic heterocycles. The molecule has 26 heavy (non-hydrogen) atoms. The third kappa shape index (κ3) is 3.77. The van der Waals surface area contributed by atoms with Gasteiger partial charge >= 0.3 is 0 Å². The molecule has 0 amide bonds. The van der Waals surface area contributed by atoms with Crippen molar-refractivity contribution >= 4 is 23.1 Å². The Morgan fingerprint density at radius 3 is 2.54 bits per heavy atom. The number of nitro groups is 1. The van der Waals surface area contributed by atoms with Crippen molar-refractivity contribution in [1.29, 1.82) is 0 Å². The van der Waals surface area contributed by atoms with Gasteiger partial charge in [-0.3, -0.25) is 10.1 Å². The van der Waals surface area contributed by atoms with Crippen molar-refractivity contribution in [1.82, 2.24) is 9.97 Å². The molecule has 0 atom stereocenters. The van der Waals surface area contributed by atoms with Crippen molar-refractivity contribution in [2.24, 2.45) is 0 Å². The Kier molecular flexibility index (Phi) is 5.07. The number of rotatable bonds is 6. The highest BCUT2D eigenvalue weighted by Crippen LogP contribution is 2.29. The van der Waals surface area contributed by atoms with E-state index in [1.807, 2.05) is 43.3 Å². The number of nitro benzene ring substituents is 1. The van der Waals surface area contributed by atoms with E-state index in [4.69, 9.17) is 0 Å². The molecule has 7 nitrogen and oxygen atoms in total. The van der Waals surface area contributed by atoms with E-state index in [2.05, 4.69) is 20.6 Å². The molecule has 0 bridgehead atoms. The van der Waals surface area contributed by atoms with Crippen LogP contribution < -0.4 is 10.6 Å². The van der Waals surface area contributed by atoms with Crippen LogP contribution in [0, 0.1) is 17.0 Å². The van der Waals surface area contributed by atoms with Gasteiger partial charge in [-0.05, 0) is 19.9 Å².